The van der Waals surface area contributed by atoms with Gasteiger partial charge in [0.25, 0.3) is 11.8 Å². The number of alkyl halides is 2. The second kappa shape index (κ2) is 8.62. The van der Waals surface area contributed by atoms with E-state index in [9.17, 15) is 13.6 Å². The molecule has 0 bridgehead atoms. The number of benzene rings is 1. The van der Waals surface area contributed by atoms with Crippen LogP contribution in [0.4, 0.5) is 8.78 Å². The molecule has 1 aliphatic heterocycles. The predicted octanol–water partition coefficient (Wildman–Crippen LogP) is 4.49. The van der Waals surface area contributed by atoms with Gasteiger partial charge in [-0.05, 0) is 24.3 Å². The van der Waals surface area contributed by atoms with Crippen molar-refractivity contribution in [2.24, 2.45) is 0 Å². The van der Waals surface area contributed by atoms with Crippen LogP contribution in [-0.2, 0) is 0 Å². The van der Waals surface area contributed by atoms with Crippen LogP contribution in [0.3, 0.4) is 0 Å². The molecule has 3 aromatic rings. The largest absolute Gasteiger partial charge is 0.350 e. The highest BCUT2D eigenvalue weighted by Crippen LogP contribution is 2.34. The number of nitrogens with one attached hydrogen (secondary N) is 1. The van der Waals surface area contributed by atoms with Crippen LogP contribution in [-0.4, -0.2) is 46.3 Å². The Labute approximate surface area is 178 Å². The van der Waals surface area contributed by atoms with Crippen molar-refractivity contribution in [1.29, 1.82) is 0 Å². The highest BCUT2D eigenvalue weighted by molar-refractivity contribution is 6.30. The molecule has 0 saturated carbocycles. The molecule has 156 valence electrons. The van der Waals surface area contributed by atoms with Crippen LogP contribution in [0.5, 0.6) is 0 Å². The first kappa shape index (κ1) is 20.6. The number of amides is 1. The smallest absolute Gasteiger partial charge is 0.252 e. The van der Waals surface area contributed by atoms with E-state index in [1.54, 1.807) is 36.7 Å². The SMILES string of the molecule is O=C(NCC(c1cccnc1Cl)N1CCC(F)(F)CC1)c1cccc2ncccc12. The molecule has 4 rings (SSSR count). The number of pyridine rings is 2. The third kappa shape index (κ3) is 4.42. The maximum atomic E-state index is 13.7. The van der Waals surface area contributed by atoms with Crippen molar-refractivity contribution >= 4 is 28.4 Å². The first-order chi connectivity index (χ1) is 14.4. The molecule has 8 heteroatoms. The van der Waals surface area contributed by atoms with Gasteiger partial charge >= 0.3 is 0 Å². The van der Waals surface area contributed by atoms with Gasteiger partial charge in [0, 0.05) is 61.4 Å². The van der Waals surface area contributed by atoms with Crippen molar-refractivity contribution in [3.63, 3.8) is 0 Å². The second-order valence-electron chi connectivity index (χ2n) is 7.38. The Morgan fingerprint density at radius 2 is 1.83 bits per heavy atom. The van der Waals surface area contributed by atoms with Crippen LogP contribution in [0, 0.1) is 0 Å². The number of carbonyl (C=O) groups excluding carboxylic acids is 1. The van der Waals surface area contributed by atoms with Gasteiger partial charge in [-0.15, -0.1) is 0 Å². The highest BCUT2D eigenvalue weighted by atomic mass is 35.5. The lowest BCUT2D eigenvalue weighted by Crippen LogP contribution is -2.45. The molecule has 2 aromatic heterocycles. The van der Waals surface area contributed by atoms with Gasteiger partial charge in [-0.1, -0.05) is 29.8 Å². The number of piperidine rings is 1. The van der Waals surface area contributed by atoms with E-state index in [4.69, 9.17) is 11.6 Å². The fourth-order valence-corrected chi connectivity index (χ4v) is 4.08. The second-order valence-corrected chi connectivity index (χ2v) is 7.73. The van der Waals surface area contributed by atoms with Crippen molar-refractivity contribution in [1.82, 2.24) is 20.2 Å². The van der Waals surface area contributed by atoms with Gasteiger partial charge in [0.2, 0.25) is 0 Å². The van der Waals surface area contributed by atoms with E-state index in [-0.39, 0.29) is 44.4 Å². The molecule has 0 radical (unpaired) electrons. The number of nitrogens with zero attached hydrogens (tertiary/aromatic N) is 3. The quantitative estimate of drug-likeness (QED) is 0.606. The van der Waals surface area contributed by atoms with Crippen molar-refractivity contribution in [2.75, 3.05) is 19.6 Å². The van der Waals surface area contributed by atoms with Crippen LogP contribution in [0.15, 0.2) is 54.9 Å². The lowest BCUT2D eigenvalue weighted by molar-refractivity contribution is -0.0632. The molecule has 0 spiro atoms. The zero-order valence-corrected chi connectivity index (χ0v) is 16.9. The van der Waals surface area contributed by atoms with Gasteiger partial charge in [0.1, 0.15) is 5.15 Å². The summed E-state index contributed by atoms with van der Waals surface area (Å²) in [7, 11) is 0. The Hall–Kier alpha value is -2.64. The molecule has 5 nitrogen and oxygen atoms in total. The summed E-state index contributed by atoms with van der Waals surface area (Å²) in [6.45, 7) is 0.667. The molecule has 1 unspecified atom stereocenters. The summed E-state index contributed by atoms with van der Waals surface area (Å²) < 4.78 is 27.3. The lowest BCUT2D eigenvalue weighted by atomic mass is 10.0. The Kier molecular flexibility index (Phi) is 5.92. The Morgan fingerprint density at radius 3 is 2.60 bits per heavy atom. The summed E-state index contributed by atoms with van der Waals surface area (Å²) in [5, 5.41) is 4.02. The average molecular weight is 431 g/mol. The Balaban J connectivity index is 1.56. The molecule has 30 heavy (non-hydrogen) atoms. The van der Waals surface area contributed by atoms with Gasteiger partial charge in [-0.2, -0.15) is 0 Å². The summed E-state index contributed by atoms with van der Waals surface area (Å²) in [6.07, 6.45) is 2.82. The number of fused-ring (bicyclic) bond motifs is 1. The highest BCUT2D eigenvalue weighted by Gasteiger charge is 2.37. The van der Waals surface area contributed by atoms with Crippen LogP contribution < -0.4 is 5.32 Å². The zero-order valence-electron chi connectivity index (χ0n) is 16.2. The number of hydrogen-bond donors (Lipinski definition) is 1. The summed E-state index contributed by atoms with van der Waals surface area (Å²) in [4.78, 5) is 23.3. The first-order valence-electron chi connectivity index (χ1n) is 9.79. The van der Waals surface area contributed by atoms with Crippen molar-refractivity contribution in [3.05, 3.63) is 71.1 Å². The van der Waals surface area contributed by atoms with E-state index in [1.165, 1.54) is 0 Å². The van der Waals surface area contributed by atoms with Crippen molar-refractivity contribution < 1.29 is 13.6 Å². The summed E-state index contributed by atoms with van der Waals surface area (Å²) in [6, 6.07) is 12.2. The van der Waals surface area contributed by atoms with E-state index in [0.717, 1.165) is 10.9 Å². The van der Waals surface area contributed by atoms with Gasteiger partial charge in [-0.25, -0.2) is 13.8 Å². The van der Waals surface area contributed by atoms with Crippen molar-refractivity contribution in [2.45, 2.75) is 24.8 Å². The standard InChI is InChI=1S/C22H21ClF2N4O/c23-20-17(6-3-11-27-20)19(29-12-8-22(24,25)9-13-29)14-28-21(30)16-4-1-7-18-15(16)5-2-10-26-18/h1-7,10-11,19H,8-9,12-14H2,(H,28,30). The summed E-state index contributed by atoms with van der Waals surface area (Å²) in [5.41, 5.74) is 1.96. The monoisotopic (exact) mass is 430 g/mol. The van der Waals surface area contributed by atoms with E-state index in [2.05, 4.69) is 15.3 Å². The topological polar surface area (TPSA) is 58.1 Å². The van der Waals surface area contributed by atoms with E-state index >= 15 is 0 Å². The number of likely N-dealkylation sites (tertiary alicyclic amines) is 1. The van der Waals surface area contributed by atoms with Crippen LogP contribution in [0.1, 0.15) is 34.8 Å². The van der Waals surface area contributed by atoms with Gasteiger partial charge in [0.15, 0.2) is 0 Å². The van der Waals surface area contributed by atoms with Crippen molar-refractivity contribution in [3.8, 4) is 0 Å². The zero-order chi connectivity index (χ0) is 21.1. The number of carbonyl (C=O) groups is 1. The molecule has 1 fully saturated rings. The molecular formula is C22H21ClF2N4O. The minimum atomic E-state index is -2.65. The van der Waals surface area contributed by atoms with Crippen LogP contribution in [0.2, 0.25) is 5.15 Å². The maximum absolute atomic E-state index is 13.7. The third-order valence-electron chi connectivity index (χ3n) is 5.46. The van der Waals surface area contributed by atoms with E-state index in [0.29, 0.717) is 16.3 Å². The first-order valence-corrected chi connectivity index (χ1v) is 10.2. The lowest BCUT2D eigenvalue weighted by Gasteiger charge is -2.37. The number of aromatic nitrogens is 2. The van der Waals surface area contributed by atoms with Crippen LogP contribution >= 0.6 is 11.6 Å². The van der Waals surface area contributed by atoms with E-state index in [1.807, 2.05) is 23.1 Å². The van der Waals surface area contributed by atoms with E-state index < -0.39 is 5.92 Å². The fourth-order valence-electron chi connectivity index (χ4n) is 3.83. The molecule has 3 heterocycles. The van der Waals surface area contributed by atoms with Gasteiger partial charge in [0.05, 0.1) is 11.6 Å². The number of rotatable bonds is 5. The maximum Gasteiger partial charge on any atom is 0.252 e. The third-order valence-corrected chi connectivity index (χ3v) is 5.78. The van der Waals surface area contributed by atoms with Gasteiger partial charge < -0.3 is 5.32 Å². The molecule has 1 N–H and O–H groups in total. The number of halogens is 3. The Bertz CT molecular complexity index is 1050. The van der Waals surface area contributed by atoms with Gasteiger partial charge in [-0.3, -0.25) is 14.7 Å². The summed E-state index contributed by atoms with van der Waals surface area (Å²) in [5.74, 6) is -2.90. The Morgan fingerprint density at radius 1 is 1.10 bits per heavy atom. The molecular weight excluding hydrogens is 410 g/mol. The minimum Gasteiger partial charge on any atom is -0.350 e. The average Bonchev–Trinajstić information content (AvgIpc) is 2.75. The predicted molar refractivity (Wildman–Crippen MR) is 112 cm³/mol. The minimum absolute atomic E-state index is 0.218. The molecule has 1 amide bonds. The number of hydrogen-bond acceptors (Lipinski definition) is 4. The normalized spacial score (nSPS) is 17.6. The summed E-state index contributed by atoms with van der Waals surface area (Å²) >= 11 is 6.30. The molecule has 1 atom stereocenters. The molecule has 1 aliphatic rings. The fraction of sp³-hybridized carbons (Fsp3) is 0.318. The molecule has 0 aliphatic carbocycles. The molecule has 1 saturated heterocycles. The van der Waals surface area contributed by atoms with Crippen LogP contribution in [0.25, 0.3) is 10.9 Å². The molecule has 1 aromatic carbocycles.